The van der Waals surface area contributed by atoms with Gasteiger partial charge in [0, 0.05) is 30.7 Å². The van der Waals surface area contributed by atoms with E-state index in [9.17, 15) is 9.90 Å². The monoisotopic (exact) mass is 359 g/mol. The van der Waals surface area contributed by atoms with Crippen molar-refractivity contribution in [1.29, 1.82) is 0 Å². The third kappa shape index (κ3) is 2.51. The first kappa shape index (κ1) is 17.4. The van der Waals surface area contributed by atoms with Gasteiger partial charge in [-0.15, -0.1) is 0 Å². The number of likely N-dealkylation sites (tertiary alicyclic amines) is 1. The number of benzene rings is 1. The number of hydrogen-bond donors (Lipinski definition) is 1. The maximum absolute atomic E-state index is 13.3. The number of fused-ring (bicyclic) bond motifs is 2. The van der Waals surface area contributed by atoms with E-state index in [0.29, 0.717) is 30.1 Å². The normalized spacial score (nSPS) is 28.4. The number of rotatable bonds is 3. The number of nitrogens with zero attached hydrogens (tertiary/aromatic N) is 1. The summed E-state index contributed by atoms with van der Waals surface area (Å²) in [6.07, 6.45) is 2.44. The minimum atomic E-state index is -0.391. The van der Waals surface area contributed by atoms with E-state index < -0.39 is 6.10 Å². The van der Waals surface area contributed by atoms with Gasteiger partial charge in [0.2, 0.25) is 0 Å². The first-order chi connectivity index (χ1) is 12.5. The van der Waals surface area contributed by atoms with Crippen molar-refractivity contribution in [3.05, 3.63) is 29.5 Å². The molecule has 1 aromatic heterocycles. The second-order valence-corrected chi connectivity index (χ2v) is 7.38. The van der Waals surface area contributed by atoms with Crippen molar-refractivity contribution in [3.63, 3.8) is 0 Å². The largest absolute Gasteiger partial charge is 0.497 e. The number of aliphatic hydroxyl groups is 1. The molecule has 1 saturated heterocycles. The lowest BCUT2D eigenvalue weighted by molar-refractivity contribution is -0.0826. The maximum atomic E-state index is 13.3. The van der Waals surface area contributed by atoms with Gasteiger partial charge in [0.05, 0.1) is 24.9 Å². The molecule has 1 N–H and O–H groups in total. The predicted octanol–water partition coefficient (Wildman–Crippen LogP) is 2.89. The smallest absolute Gasteiger partial charge is 0.290 e. The third-order valence-corrected chi connectivity index (χ3v) is 6.16. The maximum Gasteiger partial charge on any atom is 0.290 e. The fourth-order valence-corrected chi connectivity index (χ4v) is 4.59. The van der Waals surface area contributed by atoms with Crippen molar-refractivity contribution >= 4 is 16.9 Å². The summed E-state index contributed by atoms with van der Waals surface area (Å²) in [5, 5.41) is 11.0. The van der Waals surface area contributed by atoms with E-state index in [2.05, 4.69) is 0 Å². The van der Waals surface area contributed by atoms with Gasteiger partial charge in [0.25, 0.3) is 5.91 Å². The number of amides is 1. The van der Waals surface area contributed by atoms with Crippen LogP contribution in [0.4, 0.5) is 0 Å². The molecule has 6 heteroatoms. The summed E-state index contributed by atoms with van der Waals surface area (Å²) in [7, 11) is 3.31. The van der Waals surface area contributed by atoms with Crippen molar-refractivity contribution in [3.8, 4) is 5.75 Å². The third-order valence-electron chi connectivity index (χ3n) is 6.16. The molecular formula is C20H25NO5. The number of hydrogen-bond acceptors (Lipinski definition) is 5. The average Bonchev–Trinajstić information content (AvgIpc) is 3.19. The molecule has 2 aliphatic rings. The molecule has 1 aliphatic heterocycles. The van der Waals surface area contributed by atoms with E-state index in [4.69, 9.17) is 13.9 Å². The lowest BCUT2D eigenvalue weighted by Crippen LogP contribution is -2.52. The molecule has 0 bridgehead atoms. The molecule has 4 rings (SSSR count). The van der Waals surface area contributed by atoms with Gasteiger partial charge in [-0.1, -0.05) is 0 Å². The summed E-state index contributed by atoms with van der Waals surface area (Å²) < 4.78 is 17.0. The fourth-order valence-electron chi connectivity index (χ4n) is 4.59. The van der Waals surface area contributed by atoms with Crippen LogP contribution in [-0.4, -0.2) is 54.4 Å². The summed E-state index contributed by atoms with van der Waals surface area (Å²) in [4.78, 5) is 15.1. The van der Waals surface area contributed by atoms with E-state index in [-0.39, 0.29) is 17.6 Å². The second kappa shape index (κ2) is 6.28. The topological polar surface area (TPSA) is 72.1 Å². The molecule has 26 heavy (non-hydrogen) atoms. The summed E-state index contributed by atoms with van der Waals surface area (Å²) in [6, 6.07) is 5.46. The van der Waals surface area contributed by atoms with Crippen LogP contribution in [0.3, 0.4) is 0 Å². The number of methoxy groups -OCH3 is 2. The highest BCUT2D eigenvalue weighted by molar-refractivity contribution is 5.99. The van der Waals surface area contributed by atoms with Gasteiger partial charge in [-0.05, 0) is 44.7 Å². The molecule has 2 aromatic rings. The number of ether oxygens (including phenoxy) is 2. The Morgan fingerprint density at radius 3 is 2.88 bits per heavy atom. The highest BCUT2D eigenvalue weighted by atomic mass is 16.5. The highest BCUT2D eigenvalue weighted by Crippen LogP contribution is 2.43. The molecule has 0 radical (unpaired) electrons. The molecule has 1 amide bonds. The number of aryl methyl sites for hydroxylation is 1. The molecular weight excluding hydrogens is 334 g/mol. The Hall–Kier alpha value is -2.05. The minimum Gasteiger partial charge on any atom is -0.497 e. The zero-order valence-corrected chi connectivity index (χ0v) is 15.4. The molecule has 2 heterocycles. The fraction of sp³-hybridized carbons (Fsp3) is 0.550. The molecule has 140 valence electrons. The van der Waals surface area contributed by atoms with Gasteiger partial charge >= 0.3 is 0 Å². The van der Waals surface area contributed by atoms with Gasteiger partial charge < -0.3 is 23.9 Å². The van der Waals surface area contributed by atoms with Crippen LogP contribution in [-0.2, 0) is 4.74 Å². The van der Waals surface area contributed by atoms with Crippen molar-refractivity contribution in [2.24, 2.45) is 0 Å². The molecule has 1 saturated carbocycles. The Balaban J connectivity index is 1.69. The van der Waals surface area contributed by atoms with Crippen molar-refractivity contribution in [1.82, 2.24) is 4.90 Å². The van der Waals surface area contributed by atoms with Crippen LogP contribution >= 0.6 is 0 Å². The zero-order chi connectivity index (χ0) is 18.5. The molecule has 6 nitrogen and oxygen atoms in total. The van der Waals surface area contributed by atoms with E-state index in [1.54, 1.807) is 20.3 Å². The quantitative estimate of drug-likeness (QED) is 0.912. The lowest BCUT2D eigenvalue weighted by Gasteiger charge is -2.42. The Morgan fingerprint density at radius 1 is 1.35 bits per heavy atom. The number of aliphatic hydroxyl groups excluding tert-OH is 1. The number of carbonyl (C=O) groups excluding carboxylic acids is 1. The van der Waals surface area contributed by atoms with Crippen LogP contribution in [0.25, 0.3) is 11.0 Å². The highest BCUT2D eigenvalue weighted by Gasteiger charge is 2.52. The molecule has 2 unspecified atom stereocenters. The Labute approximate surface area is 152 Å². The minimum absolute atomic E-state index is 0.120. The molecule has 3 atom stereocenters. The van der Waals surface area contributed by atoms with E-state index >= 15 is 0 Å². The van der Waals surface area contributed by atoms with Gasteiger partial charge in [-0.25, -0.2) is 0 Å². The van der Waals surface area contributed by atoms with Gasteiger partial charge in [0.1, 0.15) is 11.3 Å². The summed E-state index contributed by atoms with van der Waals surface area (Å²) >= 11 is 0. The van der Waals surface area contributed by atoms with Crippen LogP contribution in [0, 0.1) is 6.92 Å². The average molecular weight is 359 g/mol. The number of furan rings is 1. The van der Waals surface area contributed by atoms with Gasteiger partial charge in [-0.3, -0.25) is 4.79 Å². The Morgan fingerprint density at radius 2 is 2.15 bits per heavy atom. The van der Waals surface area contributed by atoms with E-state index in [1.807, 2.05) is 24.0 Å². The Kier molecular flexibility index (Phi) is 4.20. The molecule has 0 spiro atoms. The van der Waals surface area contributed by atoms with E-state index in [1.165, 1.54) is 0 Å². The van der Waals surface area contributed by atoms with Crippen LogP contribution in [0.2, 0.25) is 0 Å². The predicted molar refractivity (Wildman–Crippen MR) is 96.5 cm³/mol. The Bertz CT molecular complexity index is 844. The zero-order valence-electron chi connectivity index (χ0n) is 15.4. The van der Waals surface area contributed by atoms with Crippen LogP contribution < -0.4 is 4.74 Å². The second-order valence-electron chi connectivity index (χ2n) is 7.38. The standard InChI is InChI=1S/C20H25NO5/c1-12-15-5-4-14(24-2)11-16(15)26-18(12)19(23)21-9-8-20(25-3)7-6-13(22)10-17(20)21/h4-5,11,13,17,22H,6-10H2,1-3H3/t13?,17?,20-/m1/s1. The molecule has 1 aliphatic carbocycles. The van der Waals surface area contributed by atoms with Crippen LogP contribution in [0.15, 0.2) is 22.6 Å². The van der Waals surface area contributed by atoms with Crippen LogP contribution in [0.1, 0.15) is 41.8 Å². The summed E-state index contributed by atoms with van der Waals surface area (Å²) in [5.74, 6) is 0.927. The summed E-state index contributed by atoms with van der Waals surface area (Å²) in [5.41, 5.74) is 1.13. The first-order valence-corrected chi connectivity index (χ1v) is 9.10. The van der Waals surface area contributed by atoms with Crippen LogP contribution in [0.5, 0.6) is 5.75 Å². The number of carbonyl (C=O) groups is 1. The summed E-state index contributed by atoms with van der Waals surface area (Å²) in [6.45, 7) is 2.52. The van der Waals surface area contributed by atoms with E-state index in [0.717, 1.165) is 30.2 Å². The van der Waals surface area contributed by atoms with Crippen molar-refractivity contribution in [2.75, 3.05) is 20.8 Å². The van der Waals surface area contributed by atoms with Crippen molar-refractivity contribution in [2.45, 2.75) is 50.4 Å². The first-order valence-electron chi connectivity index (χ1n) is 9.10. The molecule has 2 fully saturated rings. The van der Waals surface area contributed by atoms with Gasteiger partial charge in [-0.2, -0.15) is 0 Å². The molecule has 1 aromatic carbocycles. The SMILES string of the molecule is COc1ccc2c(C)c(C(=O)N3CC[C@]4(OC)CCC(O)CC34)oc2c1. The van der Waals surface area contributed by atoms with Crippen molar-refractivity contribution < 1.29 is 23.8 Å². The lowest BCUT2D eigenvalue weighted by atomic mass is 9.79. The van der Waals surface area contributed by atoms with Gasteiger partial charge in [0.15, 0.2) is 5.76 Å².